The molecule has 3 aliphatic rings. The fraction of sp³-hybridized carbons (Fsp3) is 0.280. The minimum Gasteiger partial charge on any atom is -0.358 e. The number of dihydropyridines is 1. The second-order valence-corrected chi connectivity index (χ2v) is 8.97. The van der Waals surface area contributed by atoms with Gasteiger partial charge in [0, 0.05) is 40.3 Å². The van der Waals surface area contributed by atoms with Crippen molar-refractivity contribution in [1.29, 1.82) is 0 Å². The number of ketones is 2. The number of allylic oxidation sites excluding steroid dienone is 3. The zero-order chi connectivity index (χ0) is 19.6. The second kappa shape index (κ2) is 5.78. The lowest BCUT2D eigenvalue weighted by molar-refractivity contribution is -0.118. The van der Waals surface area contributed by atoms with E-state index in [1.54, 1.807) is 0 Å². The van der Waals surface area contributed by atoms with E-state index in [4.69, 9.17) is 0 Å². The van der Waals surface area contributed by atoms with Crippen LogP contribution in [0.5, 0.6) is 0 Å². The van der Waals surface area contributed by atoms with E-state index in [0.717, 1.165) is 51.2 Å². The van der Waals surface area contributed by atoms with Gasteiger partial charge in [-0.3, -0.25) is 9.59 Å². The van der Waals surface area contributed by atoms with Gasteiger partial charge in [0.1, 0.15) is 0 Å². The van der Waals surface area contributed by atoms with Crippen LogP contribution in [0.1, 0.15) is 59.7 Å². The first kappa shape index (κ1) is 17.2. The Morgan fingerprint density at radius 3 is 2.43 bits per heavy atom. The quantitative estimate of drug-likeness (QED) is 0.775. The van der Waals surface area contributed by atoms with E-state index in [0.29, 0.717) is 6.42 Å². The van der Waals surface area contributed by atoms with Crippen molar-refractivity contribution in [3.8, 4) is 0 Å². The first-order valence-corrected chi connectivity index (χ1v) is 9.84. The molecule has 5 rings (SSSR count). The third kappa shape index (κ3) is 2.42. The lowest BCUT2D eigenvalue weighted by Crippen LogP contribution is -2.37. The molecule has 2 aliphatic carbocycles. The van der Waals surface area contributed by atoms with Crippen molar-refractivity contribution in [1.82, 2.24) is 5.32 Å². The van der Waals surface area contributed by atoms with Crippen molar-refractivity contribution in [2.75, 3.05) is 0 Å². The van der Waals surface area contributed by atoms with E-state index in [1.807, 2.05) is 49.4 Å². The molecule has 0 bridgehead atoms. The van der Waals surface area contributed by atoms with Gasteiger partial charge in [0.2, 0.25) is 0 Å². The fourth-order valence-corrected chi connectivity index (χ4v) is 4.97. The Kier molecular flexibility index (Phi) is 3.54. The smallest absolute Gasteiger partial charge is 0.192 e. The minimum atomic E-state index is -0.297. The van der Waals surface area contributed by atoms with Gasteiger partial charge in [-0.25, -0.2) is 0 Å². The Balaban J connectivity index is 1.76. The van der Waals surface area contributed by atoms with E-state index in [-0.39, 0.29) is 22.9 Å². The second-order valence-electron chi connectivity index (χ2n) is 8.97. The van der Waals surface area contributed by atoms with Crippen LogP contribution in [0.25, 0.3) is 5.70 Å². The van der Waals surface area contributed by atoms with Crippen molar-refractivity contribution in [3.63, 3.8) is 0 Å². The van der Waals surface area contributed by atoms with Crippen molar-refractivity contribution >= 4 is 17.3 Å². The molecular weight excluding hydrogens is 346 g/mol. The third-order valence-electron chi connectivity index (χ3n) is 6.10. The molecule has 2 aromatic carbocycles. The molecular formula is C25H23NO2. The van der Waals surface area contributed by atoms with E-state index < -0.39 is 0 Å². The van der Waals surface area contributed by atoms with Gasteiger partial charge >= 0.3 is 0 Å². The molecule has 0 spiro atoms. The van der Waals surface area contributed by atoms with Crippen LogP contribution < -0.4 is 5.32 Å². The number of nitrogens with one attached hydrogen (secondary N) is 1. The summed E-state index contributed by atoms with van der Waals surface area (Å²) >= 11 is 0. The maximum absolute atomic E-state index is 13.4. The molecule has 0 amide bonds. The molecule has 0 fully saturated rings. The summed E-state index contributed by atoms with van der Waals surface area (Å²) in [5.74, 6) is -0.107. The summed E-state index contributed by atoms with van der Waals surface area (Å²) in [6.07, 6.45) is 1.32. The van der Waals surface area contributed by atoms with E-state index >= 15 is 0 Å². The zero-order valence-corrected chi connectivity index (χ0v) is 16.4. The molecule has 3 heteroatoms. The maximum atomic E-state index is 13.4. The van der Waals surface area contributed by atoms with Gasteiger partial charge in [-0.15, -0.1) is 0 Å². The van der Waals surface area contributed by atoms with Crippen LogP contribution in [0.4, 0.5) is 0 Å². The molecule has 0 radical (unpaired) electrons. The molecule has 1 aliphatic heterocycles. The van der Waals surface area contributed by atoms with Gasteiger partial charge in [-0.2, -0.15) is 0 Å². The lowest BCUT2D eigenvalue weighted by atomic mass is 9.68. The molecule has 2 aromatic rings. The number of carbonyl (C=O) groups is 2. The summed E-state index contributed by atoms with van der Waals surface area (Å²) in [5.41, 5.74) is 7.12. The number of rotatable bonds is 1. The number of fused-ring (bicyclic) bond motifs is 2. The van der Waals surface area contributed by atoms with Crippen molar-refractivity contribution < 1.29 is 9.59 Å². The van der Waals surface area contributed by atoms with Crippen LogP contribution in [0, 0.1) is 12.3 Å². The van der Waals surface area contributed by atoms with Gasteiger partial charge in [-0.05, 0) is 24.3 Å². The van der Waals surface area contributed by atoms with Crippen LogP contribution in [0.3, 0.4) is 0 Å². The van der Waals surface area contributed by atoms with Gasteiger partial charge < -0.3 is 5.32 Å². The molecule has 1 heterocycles. The average molecular weight is 369 g/mol. The Morgan fingerprint density at radius 2 is 1.68 bits per heavy atom. The number of hydrogen-bond acceptors (Lipinski definition) is 3. The van der Waals surface area contributed by atoms with Crippen LogP contribution in [0.15, 0.2) is 65.4 Å². The van der Waals surface area contributed by atoms with Crippen LogP contribution in [0.2, 0.25) is 0 Å². The molecule has 0 saturated carbocycles. The first-order valence-electron chi connectivity index (χ1n) is 9.84. The monoisotopic (exact) mass is 369 g/mol. The summed E-state index contributed by atoms with van der Waals surface area (Å²) in [7, 11) is 0. The predicted octanol–water partition coefficient (Wildman–Crippen LogP) is 4.93. The summed E-state index contributed by atoms with van der Waals surface area (Å²) in [4.78, 5) is 26.6. The summed E-state index contributed by atoms with van der Waals surface area (Å²) in [6.45, 7) is 6.32. The first-order chi connectivity index (χ1) is 13.4. The van der Waals surface area contributed by atoms with Gasteiger partial charge in [0.25, 0.3) is 0 Å². The van der Waals surface area contributed by atoms with Crippen molar-refractivity contribution in [2.24, 2.45) is 5.41 Å². The molecule has 0 unspecified atom stereocenters. The number of carbonyl (C=O) groups excluding carboxylic acids is 2. The van der Waals surface area contributed by atoms with E-state index in [2.05, 4.69) is 25.2 Å². The molecule has 1 N–H and O–H groups in total. The third-order valence-corrected chi connectivity index (χ3v) is 6.10. The van der Waals surface area contributed by atoms with Crippen molar-refractivity contribution in [3.05, 3.63) is 87.6 Å². The highest BCUT2D eigenvalue weighted by atomic mass is 16.1. The normalized spacial score (nSPS) is 22.6. The highest BCUT2D eigenvalue weighted by Crippen LogP contribution is 2.51. The molecule has 0 aromatic heterocycles. The number of aryl methyl sites for hydroxylation is 1. The summed E-state index contributed by atoms with van der Waals surface area (Å²) in [5, 5.41) is 3.52. The average Bonchev–Trinajstić information content (AvgIpc) is 2.92. The van der Waals surface area contributed by atoms with Crippen LogP contribution in [-0.2, 0) is 4.79 Å². The molecule has 28 heavy (non-hydrogen) atoms. The summed E-state index contributed by atoms with van der Waals surface area (Å²) < 4.78 is 0. The number of hydrogen-bond donors (Lipinski definition) is 1. The predicted molar refractivity (Wildman–Crippen MR) is 110 cm³/mol. The number of benzene rings is 2. The zero-order valence-electron chi connectivity index (χ0n) is 16.4. The van der Waals surface area contributed by atoms with Crippen LogP contribution in [-0.4, -0.2) is 11.6 Å². The van der Waals surface area contributed by atoms with Gasteiger partial charge in [0.15, 0.2) is 11.6 Å². The SMILES string of the molecule is Cc1cccc([C@H]2C3=C(CC(C)(C)CC3=O)NC3=C2C(=O)c2ccccc23)c1. The Labute approximate surface area is 165 Å². The van der Waals surface area contributed by atoms with E-state index in [9.17, 15) is 9.59 Å². The van der Waals surface area contributed by atoms with Crippen LogP contribution >= 0.6 is 0 Å². The molecule has 140 valence electrons. The fourth-order valence-electron chi connectivity index (χ4n) is 4.97. The van der Waals surface area contributed by atoms with Crippen molar-refractivity contribution in [2.45, 2.75) is 39.5 Å². The minimum absolute atomic E-state index is 0.0359. The highest BCUT2D eigenvalue weighted by molar-refractivity contribution is 6.23. The van der Waals surface area contributed by atoms with Gasteiger partial charge in [0.05, 0.1) is 5.70 Å². The lowest BCUT2D eigenvalue weighted by Gasteiger charge is -2.39. The Bertz CT molecular complexity index is 1120. The summed E-state index contributed by atoms with van der Waals surface area (Å²) in [6, 6.07) is 16.0. The largest absolute Gasteiger partial charge is 0.358 e. The standard InChI is InChI=1S/C25H23NO2/c1-14-7-6-8-15(11-14)20-21-18(12-25(2,3)13-19(21)27)26-23-16-9-4-5-10-17(16)24(28)22(20)23/h4-11,20,26H,12-13H2,1-3H3/t20-/m0/s1. The molecule has 3 nitrogen and oxygen atoms in total. The van der Waals surface area contributed by atoms with Gasteiger partial charge in [-0.1, -0.05) is 67.9 Å². The molecule has 0 saturated heterocycles. The highest BCUT2D eigenvalue weighted by Gasteiger charge is 2.46. The number of Topliss-reactive ketones (excluding diaryl/α,β-unsaturated/α-hetero) is 2. The topological polar surface area (TPSA) is 46.2 Å². The Morgan fingerprint density at radius 1 is 0.929 bits per heavy atom. The maximum Gasteiger partial charge on any atom is 0.192 e. The Hall–Kier alpha value is -2.94. The molecule has 1 atom stereocenters. The van der Waals surface area contributed by atoms with E-state index in [1.165, 1.54) is 0 Å².